The van der Waals surface area contributed by atoms with E-state index in [0.29, 0.717) is 11.3 Å². The third-order valence-electron chi connectivity index (χ3n) is 2.69. The molecule has 0 aromatic heterocycles. The highest BCUT2D eigenvalue weighted by Crippen LogP contribution is 2.21. The van der Waals surface area contributed by atoms with Crippen LogP contribution >= 0.6 is 15.9 Å². The topological polar surface area (TPSA) is 83.6 Å². The smallest absolute Gasteiger partial charge is 0.305 e. The number of benzene rings is 1. The first-order valence-electron chi connectivity index (χ1n) is 5.90. The summed E-state index contributed by atoms with van der Waals surface area (Å²) in [4.78, 5) is 24.5. The number of carboxylic acids is 1. The van der Waals surface area contributed by atoms with Crippen LogP contribution in [-0.2, 0) is 4.79 Å². The minimum Gasteiger partial charge on any atom is -0.481 e. The van der Waals surface area contributed by atoms with Crippen molar-refractivity contribution < 1.29 is 14.7 Å². The summed E-state index contributed by atoms with van der Waals surface area (Å²) in [7, 11) is 0. The van der Waals surface area contributed by atoms with Gasteiger partial charge < -0.3 is 15.7 Å². The number of carbonyl (C=O) groups is 2. The number of nitrogen functional groups attached to an aromatic ring is 1. The van der Waals surface area contributed by atoms with Gasteiger partial charge in [-0.05, 0) is 32.0 Å². The second-order valence-electron chi connectivity index (χ2n) is 4.47. The van der Waals surface area contributed by atoms with Crippen molar-refractivity contribution in [1.29, 1.82) is 0 Å². The number of nitrogens with zero attached hydrogens (tertiary/aromatic N) is 1. The van der Waals surface area contributed by atoms with E-state index in [-0.39, 0.29) is 24.9 Å². The maximum atomic E-state index is 12.4. The first kappa shape index (κ1) is 15.5. The highest BCUT2D eigenvalue weighted by molar-refractivity contribution is 9.10. The number of anilines is 1. The monoisotopic (exact) mass is 328 g/mol. The first-order valence-corrected chi connectivity index (χ1v) is 6.70. The summed E-state index contributed by atoms with van der Waals surface area (Å²) in [6.45, 7) is 3.85. The van der Waals surface area contributed by atoms with E-state index in [2.05, 4.69) is 15.9 Å². The van der Waals surface area contributed by atoms with Gasteiger partial charge in [-0.2, -0.15) is 0 Å². The highest BCUT2D eigenvalue weighted by atomic mass is 79.9. The number of halogens is 1. The largest absolute Gasteiger partial charge is 0.481 e. The minimum absolute atomic E-state index is 0.0830. The Balaban J connectivity index is 2.95. The fraction of sp³-hybridized carbons (Fsp3) is 0.385. The van der Waals surface area contributed by atoms with Gasteiger partial charge in [-0.25, -0.2) is 0 Å². The molecule has 6 heteroatoms. The molecular weight excluding hydrogens is 312 g/mol. The maximum Gasteiger partial charge on any atom is 0.305 e. The van der Waals surface area contributed by atoms with Gasteiger partial charge >= 0.3 is 5.97 Å². The van der Waals surface area contributed by atoms with Crippen molar-refractivity contribution in [3.8, 4) is 0 Å². The van der Waals surface area contributed by atoms with Gasteiger partial charge in [-0.1, -0.05) is 15.9 Å². The standard InChI is InChI=1S/C13H17BrN2O3/c1-8(2)16(6-5-12(17)18)13(19)10-4-3-9(14)7-11(10)15/h3-4,7-8H,5-6,15H2,1-2H3,(H,17,18). The molecule has 0 saturated heterocycles. The second-order valence-corrected chi connectivity index (χ2v) is 5.38. The summed E-state index contributed by atoms with van der Waals surface area (Å²) >= 11 is 3.28. The van der Waals surface area contributed by atoms with Gasteiger partial charge in [0.05, 0.1) is 12.0 Å². The maximum absolute atomic E-state index is 12.4. The molecule has 0 saturated carbocycles. The second kappa shape index (κ2) is 6.56. The third kappa shape index (κ3) is 4.24. The Hall–Kier alpha value is -1.56. The number of nitrogens with two attached hydrogens (primary N) is 1. The Labute approximate surface area is 120 Å². The molecule has 1 aromatic rings. The average Bonchev–Trinajstić information content (AvgIpc) is 2.27. The molecule has 0 heterocycles. The van der Waals surface area contributed by atoms with Gasteiger partial charge in [-0.3, -0.25) is 9.59 Å². The van der Waals surface area contributed by atoms with E-state index in [4.69, 9.17) is 10.8 Å². The number of hydrogen-bond acceptors (Lipinski definition) is 3. The lowest BCUT2D eigenvalue weighted by atomic mass is 10.1. The average molecular weight is 329 g/mol. The lowest BCUT2D eigenvalue weighted by Crippen LogP contribution is -2.38. The number of hydrogen-bond donors (Lipinski definition) is 2. The van der Waals surface area contributed by atoms with Crippen LogP contribution < -0.4 is 5.73 Å². The van der Waals surface area contributed by atoms with Crippen LogP contribution in [0.15, 0.2) is 22.7 Å². The van der Waals surface area contributed by atoms with Gasteiger partial charge in [0.2, 0.25) is 0 Å². The molecule has 1 rings (SSSR count). The summed E-state index contributed by atoms with van der Waals surface area (Å²) in [6.07, 6.45) is -0.0830. The van der Waals surface area contributed by atoms with E-state index in [9.17, 15) is 9.59 Å². The van der Waals surface area contributed by atoms with E-state index >= 15 is 0 Å². The third-order valence-corrected chi connectivity index (χ3v) is 3.19. The molecule has 0 bridgehead atoms. The molecule has 3 N–H and O–H groups in total. The predicted octanol–water partition coefficient (Wildman–Crippen LogP) is 2.36. The molecule has 5 nitrogen and oxygen atoms in total. The minimum atomic E-state index is -0.928. The number of aliphatic carboxylic acids is 1. The Morgan fingerprint density at radius 3 is 2.53 bits per heavy atom. The summed E-state index contributed by atoms with van der Waals surface area (Å²) in [6, 6.07) is 4.94. The number of carboxylic acid groups (broad SMARTS) is 1. The van der Waals surface area contributed by atoms with Gasteiger partial charge in [0.15, 0.2) is 0 Å². The number of amides is 1. The van der Waals surface area contributed by atoms with Crippen molar-refractivity contribution in [2.45, 2.75) is 26.3 Å². The van der Waals surface area contributed by atoms with Gasteiger partial charge in [0.25, 0.3) is 5.91 Å². The molecular formula is C13H17BrN2O3. The zero-order valence-corrected chi connectivity index (χ0v) is 12.5. The Kier molecular flexibility index (Phi) is 5.35. The summed E-state index contributed by atoms with van der Waals surface area (Å²) in [5.41, 5.74) is 6.59. The Morgan fingerprint density at radius 2 is 2.05 bits per heavy atom. The van der Waals surface area contributed by atoms with Crippen LogP contribution in [0.25, 0.3) is 0 Å². The SMILES string of the molecule is CC(C)N(CCC(=O)O)C(=O)c1ccc(Br)cc1N. The van der Waals surface area contributed by atoms with Crippen LogP contribution in [0.1, 0.15) is 30.6 Å². The number of rotatable bonds is 5. The van der Waals surface area contributed by atoms with E-state index in [0.717, 1.165) is 4.47 Å². The van der Waals surface area contributed by atoms with Crippen molar-refractivity contribution in [2.24, 2.45) is 0 Å². The lowest BCUT2D eigenvalue weighted by molar-refractivity contribution is -0.137. The molecule has 0 spiro atoms. The van der Waals surface area contributed by atoms with Gasteiger partial charge in [0.1, 0.15) is 0 Å². The molecule has 1 amide bonds. The summed E-state index contributed by atoms with van der Waals surface area (Å²) in [5, 5.41) is 8.72. The van der Waals surface area contributed by atoms with E-state index in [1.165, 1.54) is 4.90 Å². The highest BCUT2D eigenvalue weighted by Gasteiger charge is 2.21. The molecule has 0 radical (unpaired) electrons. The molecule has 0 aliphatic heterocycles. The van der Waals surface area contributed by atoms with E-state index < -0.39 is 5.97 Å². The fourth-order valence-electron chi connectivity index (χ4n) is 1.69. The van der Waals surface area contributed by atoms with Crippen molar-refractivity contribution in [2.75, 3.05) is 12.3 Å². The van der Waals surface area contributed by atoms with Crippen LogP contribution in [0.4, 0.5) is 5.69 Å². The number of carbonyl (C=O) groups excluding carboxylic acids is 1. The van der Waals surface area contributed by atoms with E-state index in [1.54, 1.807) is 18.2 Å². The zero-order chi connectivity index (χ0) is 14.6. The summed E-state index contributed by atoms with van der Waals surface area (Å²) < 4.78 is 0.795. The van der Waals surface area contributed by atoms with Crippen LogP contribution in [-0.4, -0.2) is 34.5 Å². The molecule has 0 aliphatic rings. The molecule has 19 heavy (non-hydrogen) atoms. The Bertz CT molecular complexity index is 489. The molecule has 0 fully saturated rings. The fourth-order valence-corrected chi connectivity index (χ4v) is 2.07. The normalized spacial score (nSPS) is 10.5. The van der Waals surface area contributed by atoms with Gasteiger partial charge in [-0.15, -0.1) is 0 Å². The summed E-state index contributed by atoms with van der Waals surface area (Å²) in [5.74, 6) is -1.18. The molecule has 0 atom stereocenters. The van der Waals surface area contributed by atoms with Crippen LogP contribution in [0, 0.1) is 0 Å². The van der Waals surface area contributed by atoms with Crippen molar-refractivity contribution in [3.63, 3.8) is 0 Å². The van der Waals surface area contributed by atoms with Crippen LogP contribution in [0.5, 0.6) is 0 Å². The predicted molar refractivity (Wildman–Crippen MR) is 77.0 cm³/mol. The van der Waals surface area contributed by atoms with E-state index in [1.807, 2.05) is 13.8 Å². The lowest BCUT2D eigenvalue weighted by Gasteiger charge is -2.26. The van der Waals surface area contributed by atoms with Crippen molar-refractivity contribution >= 4 is 33.5 Å². The molecule has 0 aliphatic carbocycles. The zero-order valence-electron chi connectivity index (χ0n) is 10.9. The molecule has 0 unspecified atom stereocenters. The molecule has 1 aromatic carbocycles. The van der Waals surface area contributed by atoms with Gasteiger partial charge in [0, 0.05) is 22.7 Å². The quantitative estimate of drug-likeness (QED) is 0.812. The van der Waals surface area contributed by atoms with Crippen molar-refractivity contribution in [1.82, 2.24) is 4.90 Å². The van der Waals surface area contributed by atoms with Crippen LogP contribution in [0.2, 0.25) is 0 Å². The Morgan fingerprint density at radius 1 is 1.42 bits per heavy atom. The molecule has 104 valence electrons. The van der Waals surface area contributed by atoms with Crippen molar-refractivity contribution in [3.05, 3.63) is 28.2 Å². The van der Waals surface area contributed by atoms with Crippen LogP contribution in [0.3, 0.4) is 0 Å². The first-order chi connectivity index (χ1) is 8.82.